The molecule has 8 nitrogen and oxygen atoms in total. The first-order chi connectivity index (χ1) is 12.7. The van der Waals surface area contributed by atoms with Gasteiger partial charge in [0.05, 0.1) is 24.1 Å². The number of nitrogens with zero attached hydrogens (tertiary/aromatic N) is 1. The van der Waals surface area contributed by atoms with Gasteiger partial charge in [-0.25, -0.2) is 12.7 Å². The summed E-state index contributed by atoms with van der Waals surface area (Å²) in [6, 6.07) is 5.91. The number of rotatable bonds is 8. The number of amides is 1. The third-order valence-corrected chi connectivity index (χ3v) is 6.06. The van der Waals surface area contributed by atoms with Gasteiger partial charge >= 0.3 is 5.97 Å². The summed E-state index contributed by atoms with van der Waals surface area (Å²) < 4.78 is 35.6. The summed E-state index contributed by atoms with van der Waals surface area (Å²) in [6.07, 6.45) is 0.0800. The van der Waals surface area contributed by atoms with Crippen LogP contribution >= 0.6 is 11.3 Å². The third-order valence-electron chi connectivity index (χ3n) is 3.52. The molecule has 0 saturated carbocycles. The Labute approximate surface area is 161 Å². The van der Waals surface area contributed by atoms with Crippen LogP contribution in [0.3, 0.4) is 0 Å². The summed E-state index contributed by atoms with van der Waals surface area (Å²) in [4.78, 5) is 23.8. The van der Waals surface area contributed by atoms with E-state index in [0.717, 1.165) is 9.87 Å². The summed E-state index contributed by atoms with van der Waals surface area (Å²) in [7, 11) is 0.537. The quantitative estimate of drug-likeness (QED) is 0.663. The summed E-state index contributed by atoms with van der Waals surface area (Å²) in [6.45, 7) is -0.489. The number of carbonyl (C=O) groups is 2. The number of methoxy groups -OCH3 is 1. The lowest BCUT2D eigenvalue weighted by Crippen LogP contribution is -2.24. The number of nitrogens with one attached hydrogen (secondary N) is 1. The molecule has 0 atom stereocenters. The molecule has 1 heterocycles. The molecular formula is C17H20N2O6S2. The molecule has 146 valence electrons. The second-order valence-corrected chi connectivity index (χ2v) is 8.60. The number of ether oxygens (including phenoxy) is 2. The number of thiophene rings is 1. The second kappa shape index (κ2) is 8.98. The van der Waals surface area contributed by atoms with E-state index < -0.39 is 28.5 Å². The lowest BCUT2D eigenvalue weighted by Gasteiger charge is -2.15. The van der Waals surface area contributed by atoms with Crippen LogP contribution in [0.1, 0.15) is 5.56 Å². The zero-order valence-electron chi connectivity index (χ0n) is 15.1. The highest BCUT2D eigenvalue weighted by Crippen LogP contribution is 2.28. The fraction of sp³-hybridized carbons (Fsp3) is 0.294. The predicted molar refractivity (Wildman–Crippen MR) is 101 cm³/mol. The Morgan fingerprint density at radius 2 is 1.96 bits per heavy atom. The lowest BCUT2D eigenvalue weighted by molar-refractivity contribution is -0.146. The highest BCUT2D eigenvalue weighted by molar-refractivity contribution is 7.89. The molecule has 27 heavy (non-hydrogen) atoms. The van der Waals surface area contributed by atoms with Crippen molar-refractivity contribution in [3.05, 3.63) is 40.6 Å². The van der Waals surface area contributed by atoms with Crippen molar-refractivity contribution in [1.29, 1.82) is 0 Å². The highest BCUT2D eigenvalue weighted by Gasteiger charge is 2.20. The monoisotopic (exact) mass is 412 g/mol. The maximum absolute atomic E-state index is 12.2. The molecule has 0 bridgehead atoms. The molecule has 0 aliphatic rings. The smallest absolute Gasteiger partial charge is 0.310 e. The number of anilines is 1. The first-order valence-electron chi connectivity index (χ1n) is 7.81. The van der Waals surface area contributed by atoms with Crippen molar-refractivity contribution >= 4 is 38.9 Å². The van der Waals surface area contributed by atoms with Gasteiger partial charge in [-0.05, 0) is 40.6 Å². The predicted octanol–water partition coefficient (Wildman–Crippen LogP) is 1.73. The van der Waals surface area contributed by atoms with Gasteiger partial charge in [-0.15, -0.1) is 0 Å². The minimum absolute atomic E-state index is 0.00180. The average molecular weight is 412 g/mol. The van der Waals surface area contributed by atoms with E-state index in [1.807, 2.05) is 10.8 Å². The first-order valence-corrected chi connectivity index (χ1v) is 10.2. The average Bonchev–Trinajstić information content (AvgIpc) is 3.12. The fourth-order valence-electron chi connectivity index (χ4n) is 2.10. The minimum atomic E-state index is -3.67. The Morgan fingerprint density at radius 3 is 2.56 bits per heavy atom. The fourth-order valence-corrected chi connectivity index (χ4v) is 3.70. The van der Waals surface area contributed by atoms with E-state index in [1.165, 1.54) is 50.7 Å². The van der Waals surface area contributed by atoms with Crippen LogP contribution in [0.25, 0.3) is 0 Å². The normalized spacial score (nSPS) is 11.3. The van der Waals surface area contributed by atoms with E-state index in [4.69, 9.17) is 9.47 Å². The maximum Gasteiger partial charge on any atom is 0.310 e. The topological polar surface area (TPSA) is 102 Å². The van der Waals surface area contributed by atoms with Gasteiger partial charge in [-0.3, -0.25) is 9.59 Å². The molecule has 2 rings (SSSR count). The van der Waals surface area contributed by atoms with Gasteiger partial charge in [0.15, 0.2) is 6.61 Å². The lowest BCUT2D eigenvalue weighted by atomic mass is 10.2. The molecule has 0 saturated heterocycles. The number of hydrogen-bond acceptors (Lipinski definition) is 7. The van der Waals surface area contributed by atoms with Gasteiger partial charge in [-0.2, -0.15) is 11.3 Å². The molecule has 0 spiro atoms. The van der Waals surface area contributed by atoms with Crippen molar-refractivity contribution in [3.8, 4) is 5.75 Å². The Hall–Kier alpha value is -2.43. The number of hydrogen-bond donors (Lipinski definition) is 1. The molecule has 2 aromatic rings. The SMILES string of the molecule is COc1ccc(S(=O)(=O)N(C)C)cc1NC(=O)COC(=O)Cc1ccsc1. The van der Waals surface area contributed by atoms with Crippen molar-refractivity contribution in [1.82, 2.24) is 4.31 Å². The summed E-state index contributed by atoms with van der Waals surface area (Å²) in [5, 5.41) is 6.17. The molecule has 0 aliphatic heterocycles. The largest absolute Gasteiger partial charge is 0.495 e. The van der Waals surface area contributed by atoms with Crippen LogP contribution in [0.15, 0.2) is 39.9 Å². The molecule has 1 aromatic carbocycles. The number of benzene rings is 1. The Morgan fingerprint density at radius 1 is 1.22 bits per heavy atom. The zero-order valence-corrected chi connectivity index (χ0v) is 16.7. The first kappa shape index (κ1) is 20.9. The molecule has 0 aliphatic carbocycles. The molecular weight excluding hydrogens is 392 g/mol. The number of sulfonamides is 1. The van der Waals surface area contributed by atoms with Gasteiger partial charge in [0, 0.05) is 14.1 Å². The van der Waals surface area contributed by atoms with E-state index in [-0.39, 0.29) is 22.8 Å². The van der Waals surface area contributed by atoms with E-state index in [1.54, 1.807) is 6.07 Å². The van der Waals surface area contributed by atoms with Crippen molar-refractivity contribution in [2.75, 3.05) is 33.1 Å². The van der Waals surface area contributed by atoms with Crippen molar-refractivity contribution in [2.45, 2.75) is 11.3 Å². The second-order valence-electron chi connectivity index (χ2n) is 5.67. The molecule has 0 fully saturated rings. The molecule has 0 unspecified atom stereocenters. The van der Waals surface area contributed by atoms with Gasteiger partial charge in [-0.1, -0.05) is 0 Å². The van der Waals surface area contributed by atoms with Crippen LogP contribution in [0.4, 0.5) is 5.69 Å². The maximum atomic E-state index is 12.2. The van der Waals surface area contributed by atoms with E-state index in [0.29, 0.717) is 0 Å². The zero-order chi connectivity index (χ0) is 20.0. The summed E-state index contributed by atoms with van der Waals surface area (Å²) >= 11 is 1.46. The van der Waals surface area contributed by atoms with Gasteiger partial charge in [0.1, 0.15) is 5.75 Å². The summed E-state index contributed by atoms with van der Waals surface area (Å²) in [5.74, 6) is -0.850. The number of esters is 1. The van der Waals surface area contributed by atoms with E-state index >= 15 is 0 Å². The van der Waals surface area contributed by atoms with Crippen molar-refractivity contribution < 1.29 is 27.5 Å². The number of carbonyl (C=O) groups excluding carboxylic acids is 2. The Kier molecular flexibility index (Phi) is 6.94. The summed E-state index contributed by atoms with van der Waals surface area (Å²) in [5.41, 5.74) is 0.980. The van der Waals surface area contributed by atoms with E-state index in [2.05, 4.69) is 5.32 Å². The third kappa shape index (κ3) is 5.52. The van der Waals surface area contributed by atoms with Crippen molar-refractivity contribution in [3.63, 3.8) is 0 Å². The minimum Gasteiger partial charge on any atom is -0.495 e. The molecule has 10 heteroatoms. The van der Waals surface area contributed by atoms with Gasteiger partial charge in [0.25, 0.3) is 5.91 Å². The molecule has 1 aromatic heterocycles. The van der Waals surface area contributed by atoms with Crippen LogP contribution in [-0.2, 0) is 30.8 Å². The van der Waals surface area contributed by atoms with Crippen LogP contribution in [0.2, 0.25) is 0 Å². The Bertz CT molecular complexity index is 908. The van der Waals surface area contributed by atoms with Gasteiger partial charge < -0.3 is 14.8 Å². The van der Waals surface area contributed by atoms with Crippen molar-refractivity contribution in [2.24, 2.45) is 0 Å². The van der Waals surface area contributed by atoms with E-state index in [9.17, 15) is 18.0 Å². The molecule has 1 amide bonds. The van der Waals surface area contributed by atoms with Crippen LogP contribution in [0, 0.1) is 0 Å². The molecule has 0 radical (unpaired) electrons. The van der Waals surface area contributed by atoms with Crippen LogP contribution in [-0.4, -0.2) is 52.4 Å². The van der Waals surface area contributed by atoms with Gasteiger partial charge in [0.2, 0.25) is 10.0 Å². The standard InChI is InChI=1S/C17H20N2O6S2/c1-19(2)27(22,23)13-4-5-15(24-3)14(9-13)18-16(20)10-25-17(21)8-12-6-7-26-11-12/h4-7,9,11H,8,10H2,1-3H3,(H,18,20). The Balaban J connectivity index is 2.04. The van der Waals surface area contributed by atoms with Crippen LogP contribution in [0.5, 0.6) is 5.75 Å². The highest BCUT2D eigenvalue weighted by atomic mass is 32.2. The van der Waals surface area contributed by atoms with Crippen LogP contribution < -0.4 is 10.1 Å². The molecule has 1 N–H and O–H groups in total.